The lowest BCUT2D eigenvalue weighted by Crippen LogP contribution is -1.97. The Morgan fingerprint density at radius 2 is 1.75 bits per heavy atom. The third-order valence-electron chi connectivity index (χ3n) is 2.72. The fourth-order valence-corrected chi connectivity index (χ4v) is 2.29. The van der Waals surface area contributed by atoms with Crippen molar-refractivity contribution in [1.29, 1.82) is 0 Å². The van der Waals surface area contributed by atoms with Crippen LogP contribution in [0, 0.1) is 0 Å². The molecule has 0 aliphatic rings. The number of nitrogens with zero attached hydrogens (tertiary/aromatic N) is 3. The molecule has 0 radical (unpaired) electrons. The molecule has 2 heterocycles. The van der Waals surface area contributed by atoms with Crippen LogP contribution in [0.1, 0.15) is 0 Å². The highest BCUT2D eigenvalue weighted by atomic mass is 79.9. The van der Waals surface area contributed by atoms with Gasteiger partial charge in [0.05, 0.1) is 6.20 Å². The van der Waals surface area contributed by atoms with Crippen molar-refractivity contribution in [3.05, 3.63) is 65.7 Å². The molecule has 4 nitrogen and oxygen atoms in total. The van der Waals surface area contributed by atoms with Crippen LogP contribution >= 0.6 is 15.9 Å². The number of hydrogen-bond donors (Lipinski definition) is 1. The summed E-state index contributed by atoms with van der Waals surface area (Å²) in [6.45, 7) is 0. The topological polar surface area (TPSA) is 50.7 Å². The van der Waals surface area contributed by atoms with Gasteiger partial charge in [-0.15, -0.1) is 0 Å². The summed E-state index contributed by atoms with van der Waals surface area (Å²) in [5.41, 5.74) is 2.22. The molecule has 0 saturated heterocycles. The van der Waals surface area contributed by atoms with Crippen LogP contribution in [0.5, 0.6) is 0 Å². The zero-order valence-corrected chi connectivity index (χ0v) is 12.1. The van der Waals surface area contributed by atoms with Crippen LogP contribution in [-0.2, 0) is 0 Å². The first-order valence-electron chi connectivity index (χ1n) is 6.07. The Morgan fingerprint density at radius 1 is 0.900 bits per heavy atom. The zero-order chi connectivity index (χ0) is 13.8. The lowest BCUT2D eigenvalue weighted by Gasteiger charge is -2.08. The van der Waals surface area contributed by atoms with Gasteiger partial charge in [-0.05, 0) is 39.2 Å². The van der Waals surface area contributed by atoms with E-state index >= 15 is 0 Å². The number of nitrogens with one attached hydrogen (secondary N) is 1. The van der Waals surface area contributed by atoms with E-state index in [4.69, 9.17) is 0 Å². The van der Waals surface area contributed by atoms with Crippen molar-refractivity contribution in [2.45, 2.75) is 0 Å². The Labute approximate surface area is 125 Å². The molecule has 0 spiro atoms. The van der Waals surface area contributed by atoms with Gasteiger partial charge in [-0.3, -0.25) is 4.98 Å². The second kappa shape index (κ2) is 5.79. The van der Waals surface area contributed by atoms with Gasteiger partial charge in [0.1, 0.15) is 16.2 Å². The molecule has 0 bridgehead atoms. The molecule has 0 aliphatic carbocycles. The highest BCUT2D eigenvalue weighted by molar-refractivity contribution is 9.10. The number of hydrogen-bond acceptors (Lipinski definition) is 4. The average Bonchev–Trinajstić information content (AvgIpc) is 2.49. The highest BCUT2D eigenvalue weighted by Gasteiger charge is 2.04. The molecular weight excluding hydrogens is 316 g/mol. The van der Waals surface area contributed by atoms with E-state index in [1.54, 1.807) is 18.6 Å². The Bertz CT molecular complexity index is 702. The van der Waals surface area contributed by atoms with Crippen LogP contribution in [0.4, 0.5) is 11.6 Å². The molecule has 1 N–H and O–H groups in total. The van der Waals surface area contributed by atoms with Gasteiger partial charge < -0.3 is 5.32 Å². The quantitative estimate of drug-likeness (QED) is 0.738. The minimum atomic E-state index is 0.664. The van der Waals surface area contributed by atoms with Gasteiger partial charge in [-0.1, -0.05) is 30.3 Å². The van der Waals surface area contributed by atoms with E-state index in [9.17, 15) is 0 Å². The molecule has 98 valence electrons. The first kappa shape index (κ1) is 12.7. The number of benzene rings is 1. The summed E-state index contributed by atoms with van der Waals surface area (Å²) in [7, 11) is 0. The molecule has 2 aromatic heterocycles. The van der Waals surface area contributed by atoms with E-state index < -0.39 is 0 Å². The maximum Gasteiger partial charge on any atom is 0.150 e. The van der Waals surface area contributed by atoms with Gasteiger partial charge in [-0.25, -0.2) is 9.97 Å². The van der Waals surface area contributed by atoms with Gasteiger partial charge in [0, 0.05) is 12.4 Å². The van der Waals surface area contributed by atoms with Crippen molar-refractivity contribution >= 4 is 27.6 Å². The van der Waals surface area contributed by atoms with Gasteiger partial charge in [-0.2, -0.15) is 0 Å². The van der Waals surface area contributed by atoms with Crippen molar-refractivity contribution in [3.63, 3.8) is 0 Å². The molecule has 3 rings (SSSR count). The van der Waals surface area contributed by atoms with Crippen molar-refractivity contribution in [3.8, 4) is 11.1 Å². The minimum Gasteiger partial charge on any atom is -0.324 e. The highest BCUT2D eigenvalue weighted by Crippen LogP contribution is 2.25. The number of halogens is 1. The third kappa shape index (κ3) is 3.00. The van der Waals surface area contributed by atoms with Gasteiger partial charge >= 0.3 is 0 Å². The maximum atomic E-state index is 4.39. The van der Waals surface area contributed by atoms with Crippen molar-refractivity contribution < 1.29 is 0 Å². The standard InChI is InChI=1S/C15H11BrN4/c16-13-8-12(11-4-2-1-3-5-11)9-14(19-13)20-15-10-17-6-7-18-15/h1-10H,(H,18,19,20). The molecular formula is C15H11BrN4. The molecule has 0 saturated carbocycles. The Hall–Kier alpha value is -2.27. The van der Waals surface area contributed by atoms with Gasteiger partial charge in [0.25, 0.3) is 0 Å². The first-order valence-corrected chi connectivity index (χ1v) is 6.86. The van der Waals surface area contributed by atoms with Crippen LogP contribution in [0.2, 0.25) is 0 Å². The van der Waals surface area contributed by atoms with Crippen LogP contribution in [0.15, 0.2) is 65.7 Å². The Morgan fingerprint density at radius 3 is 2.50 bits per heavy atom. The van der Waals surface area contributed by atoms with Crippen molar-refractivity contribution in [1.82, 2.24) is 15.0 Å². The largest absolute Gasteiger partial charge is 0.324 e. The second-order valence-electron chi connectivity index (χ2n) is 4.15. The second-order valence-corrected chi connectivity index (χ2v) is 4.96. The van der Waals surface area contributed by atoms with Crippen molar-refractivity contribution in [2.24, 2.45) is 0 Å². The molecule has 0 atom stereocenters. The van der Waals surface area contributed by atoms with E-state index in [0.29, 0.717) is 5.82 Å². The lowest BCUT2D eigenvalue weighted by atomic mass is 10.1. The smallest absolute Gasteiger partial charge is 0.150 e. The summed E-state index contributed by atoms with van der Waals surface area (Å²) in [6, 6.07) is 14.1. The Kier molecular flexibility index (Phi) is 3.69. The van der Waals surface area contributed by atoms with Crippen LogP contribution < -0.4 is 5.32 Å². The summed E-state index contributed by atoms with van der Waals surface area (Å²) in [5, 5.41) is 3.14. The number of rotatable bonds is 3. The number of aromatic nitrogens is 3. The molecule has 3 aromatic rings. The molecule has 0 unspecified atom stereocenters. The van der Waals surface area contributed by atoms with Crippen LogP contribution in [0.3, 0.4) is 0 Å². The van der Waals surface area contributed by atoms with E-state index in [-0.39, 0.29) is 0 Å². The van der Waals surface area contributed by atoms with E-state index in [2.05, 4.69) is 48.3 Å². The normalized spacial score (nSPS) is 10.2. The zero-order valence-electron chi connectivity index (χ0n) is 10.5. The summed E-state index contributed by atoms with van der Waals surface area (Å²) in [4.78, 5) is 12.6. The predicted molar refractivity (Wildman–Crippen MR) is 82.7 cm³/mol. The van der Waals surface area contributed by atoms with Crippen molar-refractivity contribution in [2.75, 3.05) is 5.32 Å². The first-order chi connectivity index (χ1) is 9.81. The Balaban J connectivity index is 1.95. The van der Waals surface area contributed by atoms with Gasteiger partial charge in [0.2, 0.25) is 0 Å². The summed E-state index contributed by atoms with van der Waals surface area (Å²) >= 11 is 3.44. The molecule has 20 heavy (non-hydrogen) atoms. The summed E-state index contributed by atoms with van der Waals surface area (Å²) in [5.74, 6) is 1.39. The van der Waals surface area contributed by atoms with Crippen LogP contribution in [0.25, 0.3) is 11.1 Å². The molecule has 5 heteroatoms. The fraction of sp³-hybridized carbons (Fsp3) is 0. The average molecular weight is 327 g/mol. The fourth-order valence-electron chi connectivity index (χ4n) is 1.85. The van der Waals surface area contributed by atoms with Gasteiger partial charge in [0.15, 0.2) is 0 Å². The predicted octanol–water partition coefficient (Wildman–Crippen LogP) is 4.04. The molecule has 0 aliphatic heterocycles. The summed E-state index contributed by atoms with van der Waals surface area (Å²) in [6.07, 6.45) is 4.93. The molecule has 0 fully saturated rings. The lowest BCUT2D eigenvalue weighted by molar-refractivity contribution is 1.17. The van der Waals surface area contributed by atoms with E-state index in [1.165, 1.54) is 0 Å². The monoisotopic (exact) mass is 326 g/mol. The minimum absolute atomic E-state index is 0.664. The summed E-state index contributed by atoms with van der Waals surface area (Å²) < 4.78 is 0.769. The molecule has 1 aromatic carbocycles. The number of anilines is 2. The molecule has 0 amide bonds. The number of pyridine rings is 1. The van der Waals surface area contributed by atoms with E-state index in [0.717, 1.165) is 21.5 Å². The maximum absolute atomic E-state index is 4.39. The SMILES string of the molecule is Brc1cc(-c2ccccc2)cc(Nc2cnccn2)n1. The van der Waals surface area contributed by atoms with E-state index in [1.807, 2.05) is 30.3 Å². The third-order valence-corrected chi connectivity index (χ3v) is 3.13. The van der Waals surface area contributed by atoms with Crippen LogP contribution in [-0.4, -0.2) is 15.0 Å².